The lowest BCUT2D eigenvalue weighted by Gasteiger charge is -2.29. The predicted octanol–water partition coefficient (Wildman–Crippen LogP) is 3.76. The summed E-state index contributed by atoms with van der Waals surface area (Å²) in [5.41, 5.74) is 3.63. The second-order valence-corrected chi connectivity index (χ2v) is 8.61. The Kier molecular flexibility index (Phi) is 5.53. The van der Waals surface area contributed by atoms with Crippen molar-refractivity contribution >= 4 is 21.4 Å². The third-order valence-corrected chi connectivity index (χ3v) is 6.08. The molecular weight excluding hydrogens is 348 g/mol. The minimum Gasteiger partial charge on any atom is -0.378 e. The van der Waals surface area contributed by atoms with Gasteiger partial charge in [0, 0.05) is 18.8 Å². The number of nitrogens with zero attached hydrogens (tertiary/aromatic N) is 1. The van der Waals surface area contributed by atoms with Crippen LogP contribution in [-0.2, 0) is 14.8 Å². The number of rotatable bonds is 5. The van der Waals surface area contributed by atoms with Gasteiger partial charge in [-0.05, 0) is 48.2 Å². The quantitative estimate of drug-likeness (QED) is 0.866. The first-order valence-electron chi connectivity index (χ1n) is 8.93. The summed E-state index contributed by atoms with van der Waals surface area (Å²) in [4.78, 5) is 2.48. The molecule has 0 unspecified atom stereocenters. The monoisotopic (exact) mass is 374 g/mol. The summed E-state index contributed by atoms with van der Waals surface area (Å²) in [7, 11) is -3.62. The molecule has 1 aliphatic rings. The molecule has 0 saturated carbocycles. The van der Waals surface area contributed by atoms with E-state index in [1.54, 1.807) is 12.1 Å². The second-order valence-electron chi connectivity index (χ2n) is 6.93. The Bertz CT molecular complexity index is 855. The lowest BCUT2D eigenvalue weighted by molar-refractivity contribution is 0.122. The standard InChI is InChI=1S/C20H26N2O3S/c1-15(2)17-5-8-19(9-6-17)26(23,24)21-20-14-18(7-4-16(20)3)22-10-12-25-13-11-22/h4-9,14-15,21H,10-13H2,1-3H3. The van der Waals surface area contributed by atoms with Crippen LogP contribution in [0.3, 0.4) is 0 Å². The van der Waals surface area contributed by atoms with Gasteiger partial charge in [0.1, 0.15) is 0 Å². The number of morpholine rings is 1. The van der Waals surface area contributed by atoms with Crippen LogP contribution in [0.5, 0.6) is 0 Å². The van der Waals surface area contributed by atoms with Gasteiger partial charge in [0.2, 0.25) is 0 Å². The van der Waals surface area contributed by atoms with Crippen molar-refractivity contribution in [3.63, 3.8) is 0 Å². The Morgan fingerprint density at radius 2 is 1.69 bits per heavy atom. The highest BCUT2D eigenvalue weighted by Gasteiger charge is 2.18. The first-order chi connectivity index (χ1) is 12.4. The van der Waals surface area contributed by atoms with E-state index in [2.05, 4.69) is 23.5 Å². The summed E-state index contributed by atoms with van der Waals surface area (Å²) < 4.78 is 33.7. The maximum atomic E-state index is 12.8. The first kappa shape index (κ1) is 18.7. The molecule has 1 N–H and O–H groups in total. The number of hydrogen-bond donors (Lipinski definition) is 1. The molecule has 1 saturated heterocycles. The van der Waals surface area contributed by atoms with E-state index in [0.29, 0.717) is 24.8 Å². The summed E-state index contributed by atoms with van der Waals surface area (Å²) in [6.45, 7) is 9.08. The molecule has 3 rings (SSSR count). The molecule has 0 aliphatic carbocycles. The van der Waals surface area contributed by atoms with E-state index in [4.69, 9.17) is 4.74 Å². The fourth-order valence-electron chi connectivity index (χ4n) is 2.97. The average Bonchev–Trinajstić information content (AvgIpc) is 2.64. The largest absolute Gasteiger partial charge is 0.378 e. The zero-order valence-electron chi connectivity index (χ0n) is 15.5. The smallest absolute Gasteiger partial charge is 0.261 e. The minimum atomic E-state index is -3.62. The molecule has 6 heteroatoms. The Morgan fingerprint density at radius 1 is 1.04 bits per heavy atom. The predicted molar refractivity (Wildman–Crippen MR) is 106 cm³/mol. The summed E-state index contributed by atoms with van der Waals surface area (Å²) in [5.74, 6) is 0.368. The highest BCUT2D eigenvalue weighted by atomic mass is 32.2. The molecule has 2 aromatic carbocycles. The van der Waals surface area contributed by atoms with Gasteiger partial charge in [0.25, 0.3) is 10.0 Å². The van der Waals surface area contributed by atoms with Gasteiger partial charge in [-0.15, -0.1) is 0 Å². The van der Waals surface area contributed by atoms with Crippen LogP contribution in [0.2, 0.25) is 0 Å². The maximum absolute atomic E-state index is 12.8. The van der Waals surface area contributed by atoms with E-state index in [1.807, 2.05) is 37.3 Å². The maximum Gasteiger partial charge on any atom is 0.261 e. The fraction of sp³-hybridized carbons (Fsp3) is 0.400. The molecule has 1 aliphatic heterocycles. The Hall–Kier alpha value is -2.05. The number of hydrogen-bond acceptors (Lipinski definition) is 4. The number of nitrogens with one attached hydrogen (secondary N) is 1. The number of aryl methyl sites for hydroxylation is 1. The Balaban J connectivity index is 1.84. The average molecular weight is 375 g/mol. The molecule has 140 valence electrons. The zero-order valence-corrected chi connectivity index (χ0v) is 16.3. The zero-order chi connectivity index (χ0) is 18.7. The molecule has 26 heavy (non-hydrogen) atoms. The molecule has 5 nitrogen and oxygen atoms in total. The lowest BCUT2D eigenvalue weighted by atomic mass is 10.0. The molecular formula is C20H26N2O3S. The van der Waals surface area contributed by atoms with Gasteiger partial charge in [-0.2, -0.15) is 0 Å². The van der Waals surface area contributed by atoms with Crippen LogP contribution in [0.15, 0.2) is 47.4 Å². The molecule has 0 bridgehead atoms. The van der Waals surface area contributed by atoms with Gasteiger partial charge in [-0.25, -0.2) is 8.42 Å². The molecule has 2 aromatic rings. The number of ether oxygens (including phenoxy) is 1. The third-order valence-electron chi connectivity index (χ3n) is 4.70. The summed E-state index contributed by atoms with van der Waals surface area (Å²) >= 11 is 0. The van der Waals surface area contributed by atoms with Gasteiger partial charge in [-0.1, -0.05) is 32.0 Å². The van der Waals surface area contributed by atoms with E-state index in [0.717, 1.165) is 29.9 Å². The van der Waals surface area contributed by atoms with Crippen LogP contribution < -0.4 is 9.62 Å². The second kappa shape index (κ2) is 7.68. The van der Waals surface area contributed by atoms with Crippen LogP contribution in [0.4, 0.5) is 11.4 Å². The van der Waals surface area contributed by atoms with Crippen molar-refractivity contribution < 1.29 is 13.2 Å². The van der Waals surface area contributed by atoms with E-state index in [-0.39, 0.29) is 4.90 Å². The van der Waals surface area contributed by atoms with Crippen molar-refractivity contribution in [2.24, 2.45) is 0 Å². The molecule has 0 amide bonds. The van der Waals surface area contributed by atoms with Crippen LogP contribution in [0, 0.1) is 6.92 Å². The topological polar surface area (TPSA) is 58.6 Å². The van der Waals surface area contributed by atoms with Crippen molar-refractivity contribution in [2.75, 3.05) is 35.9 Å². The summed E-state index contributed by atoms with van der Waals surface area (Å²) in [6.07, 6.45) is 0. The minimum absolute atomic E-state index is 0.276. The molecule has 0 aromatic heterocycles. The van der Waals surface area contributed by atoms with E-state index < -0.39 is 10.0 Å². The van der Waals surface area contributed by atoms with Gasteiger partial charge in [-0.3, -0.25) is 4.72 Å². The highest BCUT2D eigenvalue weighted by Crippen LogP contribution is 2.27. The number of sulfonamides is 1. The fourth-order valence-corrected chi connectivity index (χ4v) is 4.10. The van der Waals surface area contributed by atoms with Crippen LogP contribution in [0.1, 0.15) is 30.9 Å². The van der Waals surface area contributed by atoms with Crippen molar-refractivity contribution in [1.82, 2.24) is 0 Å². The van der Waals surface area contributed by atoms with Gasteiger partial charge >= 0.3 is 0 Å². The van der Waals surface area contributed by atoms with Crippen molar-refractivity contribution in [3.05, 3.63) is 53.6 Å². The first-order valence-corrected chi connectivity index (χ1v) is 10.4. The Morgan fingerprint density at radius 3 is 2.31 bits per heavy atom. The lowest BCUT2D eigenvalue weighted by Crippen LogP contribution is -2.36. The van der Waals surface area contributed by atoms with Crippen LogP contribution in [0.25, 0.3) is 0 Å². The van der Waals surface area contributed by atoms with Crippen LogP contribution >= 0.6 is 0 Å². The Labute approximate surface area is 156 Å². The van der Waals surface area contributed by atoms with E-state index in [9.17, 15) is 8.42 Å². The van der Waals surface area contributed by atoms with Gasteiger partial charge < -0.3 is 9.64 Å². The molecule has 0 atom stereocenters. The normalized spacial score (nSPS) is 15.3. The number of benzene rings is 2. The van der Waals surface area contributed by atoms with Crippen LogP contribution in [-0.4, -0.2) is 34.7 Å². The van der Waals surface area contributed by atoms with Gasteiger partial charge in [0.05, 0.1) is 23.8 Å². The SMILES string of the molecule is Cc1ccc(N2CCOCC2)cc1NS(=O)(=O)c1ccc(C(C)C)cc1. The highest BCUT2D eigenvalue weighted by molar-refractivity contribution is 7.92. The van der Waals surface area contributed by atoms with Crippen molar-refractivity contribution in [3.8, 4) is 0 Å². The summed E-state index contributed by atoms with van der Waals surface area (Å²) in [5, 5.41) is 0. The molecule has 0 spiro atoms. The molecule has 0 radical (unpaired) electrons. The van der Waals surface area contributed by atoms with E-state index >= 15 is 0 Å². The van der Waals surface area contributed by atoms with Gasteiger partial charge in [0.15, 0.2) is 0 Å². The van der Waals surface area contributed by atoms with Crippen molar-refractivity contribution in [2.45, 2.75) is 31.6 Å². The molecule has 1 heterocycles. The molecule has 1 fully saturated rings. The third kappa shape index (κ3) is 4.19. The number of anilines is 2. The summed E-state index contributed by atoms with van der Waals surface area (Å²) in [6, 6.07) is 12.9. The van der Waals surface area contributed by atoms with Crippen molar-refractivity contribution in [1.29, 1.82) is 0 Å². The van der Waals surface area contributed by atoms with E-state index in [1.165, 1.54) is 0 Å².